The van der Waals surface area contributed by atoms with Gasteiger partial charge in [0, 0.05) is 48.8 Å². The first kappa shape index (κ1) is 36.3. The first-order valence-electron chi connectivity index (χ1n) is 16.9. The van der Waals surface area contributed by atoms with Gasteiger partial charge in [0.15, 0.2) is 11.4 Å². The summed E-state index contributed by atoms with van der Waals surface area (Å²) >= 11 is 0. The van der Waals surface area contributed by atoms with Gasteiger partial charge in [-0.05, 0) is 66.1 Å². The minimum atomic E-state index is 0. The third kappa shape index (κ3) is 7.63. The normalized spacial score (nSPS) is 12.3. The molecule has 4 aromatic carbocycles. The van der Waals surface area contributed by atoms with Crippen LogP contribution in [0.5, 0.6) is 0 Å². The van der Waals surface area contributed by atoms with E-state index in [1.54, 1.807) is 0 Å². The maximum Gasteiger partial charge on any atom is 0.162 e. The fourth-order valence-electron chi connectivity index (χ4n) is 6.74. The van der Waals surface area contributed by atoms with E-state index in [1.165, 1.54) is 33.2 Å². The molecule has 6 rings (SSSR count). The third-order valence-corrected chi connectivity index (χ3v) is 9.29. The molecule has 0 atom stereocenters. The number of hydrogen-bond donors (Lipinski definition) is 1. The Kier molecular flexibility index (Phi) is 11.7. The first-order valence-corrected chi connectivity index (χ1v) is 16.9. The fourth-order valence-corrected chi connectivity index (χ4v) is 6.74. The number of rotatable bonds is 8. The maximum atomic E-state index is 11.7. The Morgan fingerprint density at radius 3 is 2.13 bits per heavy atom. The van der Waals surface area contributed by atoms with Crippen LogP contribution in [0.4, 0.5) is 0 Å². The van der Waals surface area contributed by atoms with Gasteiger partial charge in [0.05, 0.1) is 12.0 Å². The average Bonchev–Trinajstić information content (AvgIpc) is 3.40. The molecule has 0 aliphatic rings. The second-order valence-corrected chi connectivity index (χ2v) is 13.8. The molecule has 47 heavy (non-hydrogen) atoms. The SMILES string of the molecule is CCC(CC)C(=O)/C=C(\O)C(CC)CC.Cc1[c-]c2c(ccc3c2ncc2oc4ccc(CC(C)(C)C)cc4c23)c2ccccc12.[Ir]. The second kappa shape index (κ2) is 15.1. The zero-order valence-electron chi connectivity index (χ0n) is 29.1. The van der Waals surface area contributed by atoms with Crippen LogP contribution in [0.2, 0.25) is 0 Å². The molecule has 0 unspecified atom stereocenters. The number of carbonyl (C=O) groups is 1. The van der Waals surface area contributed by atoms with E-state index in [9.17, 15) is 9.90 Å². The van der Waals surface area contributed by atoms with Gasteiger partial charge in [-0.2, -0.15) is 0 Å². The molecule has 6 aromatic rings. The molecule has 5 heteroatoms. The van der Waals surface area contributed by atoms with Crippen molar-refractivity contribution in [2.45, 2.75) is 87.5 Å². The second-order valence-electron chi connectivity index (χ2n) is 13.8. The van der Waals surface area contributed by atoms with E-state index in [0.29, 0.717) is 0 Å². The molecule has 4 nitrogen and oxygen atoms in total. The molecule has 0 saturated heterocycles. The summed E-state index contributed by atoms with van der Waals surface area (Å²) in [4.78, 5) is 16.6. The number of nitrogens with zero attached hydrogens (tertiary/aromatic N) is 1. The number of aryl methyl sites for hydroxylation is 1. The smallest absolute Gasteiger partial charge is 0.162 e. The molecule has 1 N–H and O–H groups in total. The molecule has 0 fully saturated rings. The quantitative estimate of drug-likeness (QED) is 0.0720. The van der Waals surface area contributed by atoms with Gasteiger partial charge in [-0.1, -0.05) is 114 Å². The number of benzene rings is 4. The Morgan fingerprint density at radius 1 is 0.851 bits per heavy atom. The molecular formula is C42H48IrNO3-. The van der Waals surface area contributed by atoms with Crippen LogP contribution in [0.25, 0.3) is 54.4 Å². The van der Waals surface area contributed by atoms with Crippen LogP contribution in [-0.2, 0) is 31.3 Å². The molecule has 2 heterocycles. The minimum absolute atomic E-state index is 0. The van der Waals surface area contributed by atoms with E-state index in [4.69, 9.17) is 9.40 Å². The van der Waals surface area contributed by atoms with E-state index in [0.717, 1.165) is 70.5 Å². The summed E-state index contributed by atoms with van der Waals surface area (Å²) in [5, 5.41) is 18.0. The fraction of sp³-hybridized carbons (Fsp3) is 0.381. The number of allylic oxidation sites excluding steroid dienone is 2. The van der Waals surface area contributed by atoms with Crippen molar-refractivity contribution in [3.63, 3.8) is 0 Å². The minimum Gasteiger partial charge on any atom is -0.512 e. The molecule has 0 aliphatic carbocycles. The van der Waals surface area contributed by atoms with Crippen molar-refractivity contribution in [3.8, 4) is 0 Å². The summed E-state index contributed by atoms with van der Waals surface area (Å²) < 4.78 is 6.18. The monoisotopic (exact) mass is 807 g/mol. The van der Waals surface area contributed by atoms with Crippen LogP contribution in [0.15, 0.2) is 77.0 Å². The molecule has 1 radical (unpaired) electrons. The van der Waals surface area contributed by atoms with Gasteiger partial charge in [0.2, 0.25) is 0 Å². The molecule has 0 bridgehead atoms. The number of furan rings is 1. The van der Waals surface area contributed by atoms with Crippen LogP contribution in [0.3, 0.4) is 0 Å². The third-order valence-electron chi connectivity index (χ3n) is 9.29. The summed E-state index contributed by atoms with van der Waals surface area (Å²) in [6, 6.07) is 23.2. The zero-order chi connectivity index (χ0) is 33.2. The van der Waals surface area contributed by atoms with Crippen LogP contribution >= 0.6 is 0 Å². The number of pyridine rings is 1. The van der Waals surface area contributed by atoms with Gasteiger partial charge in [-0.15, -0.1) is 17.0 Å². The summed E-state index contributed by atoms with van der Waals surface area (Å²) in [7, 11) is 0. The molecule has 0 aliphatic heterocycles. The number of aliphatic hydroxyl groups excluding tert-OH is 1. The van der Waals surface area contributed by atoms with E-state index in [-0.39, 0.29) is 48.9 Å². The van der Waals surface area contributed by atoms with E-state index in [1.807, 2.05) is 33.9 Å². The molecule has 0 amide bonds. The number of ketones is 1. The van der Waals surface area contributed by atoms with Gasteiger partial charge in [0.1, 0.15) is 5.58 Å². The standard InChI is InChI=1S/C29H24NO.C13H24O2.Ir/c1-17-13-23-21(20-8-6-5-7-19(17)20)10-11-22-27-24-14-18(15-29(2,3)4)9-12-25(24)31-26(27)16-30-28(22)23;1-5-10(6-2)12(14)9-13(15)11(7-3)8-4;/h5-12,14,16H,15H2,1-4H3;9-11,14H,5-8H2,1-4H3;/q-1;;/b;12-9-;. The van der Waals surface area contributed by atoms with Crippen molar-refractivity contribution < 1.29 is 34.4 Å². The van der Waals surface area contributed by atoms with Crippen LogP contribution < -0.4 is 0 Å². The number of aromatic nitrogens is 1. The maximum absolute atomic E-state index is 11.7. The topological polar surface area (TPSA) is 63.3 Å². The largest absolute Gasteiger partial charge is 0.512 e. The Morgan fingerprint density at radius 2 is 1.49 bits per heavy atom. The summed E-state index contributed by atoms with van der Waals surface area (Å²) in [6.45, 7) is 17.0. The summed E-state index contributed by atoms with van der Waals surface area (Å²) in [5.74, 6) is 0.547. The van der Waals surface area contributed by atoms with Crippen molar-refractivity contribution >= 4 is 60.2 Å². The van der Waals surface area contributed by atoms with Crippen molar-refractivity contribution in [2.75, 3.05) is 0 Å². The average molecular weight is 807 g/mol. The summed E-state index contributed by atoms with van der Waals surface area (Å²) in [6.07, 6.45) is 7.81. The number of aliphatic hydroxyl groups is 1. The Balaban J connectivity index is 0.000000269. The van der Waals surface area contributed by atoms with Gasteiger partial charge in [-0.25, -0.2) is 0 Å². The first-order chi connectivity index (χ1) is 22.0. The molecule has 249 valence electrons. The Labute approximate surface area is 293 Å². The predicted molar refractivity (Wildman–Crippen MR) is 195 cm³/mol. The van der Waals surface area contributed by atoms with Crippen molar-refractivity contribution in [2.24, 2.45) is 17.3 Å². The van der Waals surface area contributed by atoms with Gasteiger partial charge in [-0.3, -0.25) is 4.79 Å². The van der Waals surface area contributed by atoms with Crippen LogP contribution in [-0.4, -0.2) is 15.9 Å². The van der Waals surface area contributed by atoms with Gasteiger partial charge in [0.25, 0.3) is 0 Å². The van der Waals surface area contributed by atoms with Crippen LogP contribution in [0.1, 0.15) is 85.3 Å². The number of fused-ring (bicyclic) bond motifs is 9. The van der Waals surface area contributed by atoms with Crippen molar-refractivity contribution in [1.29, 1.82) is 0 Å². The number of carbonyl (C=O) groups excluding carboxylic acids is 1. The van der Waals surface area contributed by atoms with E-state index >= 15 is 0 Å². The molecular weight excluding hydrogens is 759 g/mol. The van der Waals surface area contributed by atoms with E-state index < -0.39 is 0 Å². The van der Waals surface area contributed by atoms with Gasteiger partial charge >= 0.3 is 0 Å². The molecule has 2 aromatic heterocycles. The van der Waals surface area contributed by atoms with Crippen molar-refractivity contribution in [3.05, 3.63) is 89.8 Å². The van der Waals surface area contributed by atoms with Crippen molar-refractivity contribution in [1.82, 2.24) is 4.98 Å². The molecule has 0 spiro atoms. The Bertz CT molecular complexity index is 2060. The van der Waals surface area contributed by atoms with Gasteiger partial charge < -0.3 is 14.5 Å². The summed E-state index contributed by atoms with van der Waals surface area (Å²) in [5.41, 5.74) is 5.47. The number of hydrogen-bond acceptors (Lipinski definition) is 4. The van der Waals surface area contributed by atoms with Crippen LogP contribution in [0, 0.1) is 30.2 Å². The zero-order valence-corrected chi connectivity index (χ0v) is 31.5. The predicted octanol–water partition coefficient (Wildman–Crippen LogP) is 12.0. The molecule has 0 saturated carbocycles. The van der Waals surface area contributed by atoms with E-state index in [2.05, 4.69) is 88.4 Å². The Hall–Kier alpha value is -3.53.